The number of esters is 1. The standard InChI is InChI=1S/C15H22N2O3/c1-17(10-6-9-14(18)20-2)15(19)13(16)11-12-7-4-3-5-8-12/h3-5,7-8,13H,6,9-11,16H2,1-2H3. The van der Waals surface area contributed by atoms with E-state index in [4.69, 9.17) is 5.73 Å². The number of hydrogen-bond donors (Lipinski definition) is 1. The Balaban J connectivity index is 2.38. The molecule has 0 bridgehead atoms. The number of amides is 1. The van der Waals surface area contributed by atoms with Crippen molar-refractivity contribution in [1.82, 2.24) is 4.90 Å². The molecule has 1 rings (SSSR count). The van der Waals surface area contributed by atoms with Gasteiger partial charge in [0.15, 0.2) is 0 Å². The molecule has 1 aromatic rings. The molecule has 2 N–H and O–H groups in total. The summed E-state index contributed by atoms with van der Waals surface area (Å²) in [6.45, 7) is 0.496. The van der Waals surface area contributed by atoms with Gasteiger partial charge in [0.2, 0.25) is 5.91 Å². The molecule has 1 unspecified atom stereocenters. The number of likely N-dealkylation sites (N-methyl/N-ethyl adjacent to an activating group) is 1. The van der Waals surface area contributed by atoms with Gasteiger partial charge in [0.25, 0.3) is 0 Å². The summed E-state index contributed by atoms with van der Waals surface area (Å²) in [7, 11) is 3.05. The monoisotopic (exact) mass is 278 g/mol. The second-order valence-corrected chi connectivity index (χ2v) is 4.74. The van der Waals surface area contributed by atoms with Crippen LogP contribution in [0.3, 0.4) is 0 Å². The minimum Gasteiger partial charge on any atom is -0.469 e. The third kappa shape index (κ3) is 5.40. The average molecular weight is 278 g/mol. The van der Waals surface area contributed by atoms with Crippen molar-refractivity contribution in [3.8, 4) is 0 Å². The van der Waals surface area contributed by atoms with Gasteiger partial charge in [-0.15, -0.1) is 0 Å². The summed E-state index contributed by atoms with van der Waals surface area (Å²) < 4.78 is 4.55. The van der Waals surface area contributed by atoms with E-state index in [1.807, 2.05) is 30.3 Å². The van der Waals surface area contributed by atoms with Crippen molar-refractivity contribution in [1.29, 1.82) is 0 Å². The highest BCUT2D eigenvalue weighted by molar-refractivity contribution is 5.81. The van der Waals surface area contributed by atoms with E-state index in [1.165, 1.54) is 7.11 Å². The number of carbonyl (C=O) groups is 2. The molecule has 1 atom stereocenters. The van der Waals surface area contributed by atoms with Crippen molar-refractivity contribution in [3.63, 3.8) is 0 Å². The quantitative estimate of drug-likeness (QED) is 0.754. The number of nitrogens with zero attached hydrogens (tertiary/aromatic N) is 1. The largest absolute Gasteiger partial charge is 0.469 e. The summed E-state index contributed by atoms with van der Waals surface area (Å²) in [5, 5.41) is 0. The van der Waals surface area contributed by atoms with E-state index in [1.54, 1.807) is 11.9 Å². The zero-order valence-electron chi connectivity index (χ0n) is 12.0. The van der Waals surface area contributed by atoms with Crippen LogP contribution in [0.2, 0.25) is 0 Å². The van der Waals surface area contributed by atoms with Crippen molar-refractivity contribution in [2.45, 2.75) is 25.3 Å². The minimum atomic E-state index is -0.555. The molecular weight excluding hydrogens is 256 g/mol. The first kappa shape index (κ1) is 16.2. The fraction of sp³-hybridized carbons (Fsp3) is 0.467. The van der Waals surface area contributed by atoms with Gasteiger partial charge in [0.1, 0.15) is 0 Å². The molecule has 1 amide bonds. The highest BCUT2D eigenvalue weighted by Gasteiger charge is 2.18. The van der Waals surface area contributed by atoms with Crippen LogP contribution in [-0.2, 0) is 20.7 Å². The van der Waals surface area contributed by atoms with Gasteiger partial charge in [-0.25, -0.2) is 0 Å². The minimum absolute atomic E-state index is 0.112. The molecule has 0 fully saturated rings. The van der Waals surface area contributed by atoms with Crippen LogP contribution in [0.15, 0.2) is 30.3 Å². The van der Waals surface area contributed by atoms with E-state index in [9.17, 15) is 9.59 Å². The summed E-state index contributed by atoms with van der Waals surface area (Å²) >= 11 is 0. The third-order valence-corrected chi connectivity index (χ3v) is 3.09. The Bertz CT molecular complexity index is 434. The number of ether oxygens (including phenoxy) is 1. The molecule has 110 valence electrons. The highest BCUT2D eigenvalue weighted by atomic mass is 16.5. The van der Waals surface area contributed by atoms with E-state index in [2.05, 4.69) is 4.74 Å². The predicted octanol–water partition coefficient (Wildman–Crippen LogP) is 0.968. The first-order chi connectivity index (χ1) is 9.54. The fourth-order valence-corrected chi connectivity index (χ4v) is 1.91. The summed E-state index contributed by atoms with van der Waals surface area (Å²) in [5.74, 6) is -0.377. The van der Waals surface area contributed by atoms with Crippen molar-refractivity contribution in [2.75, 3.05) is 20.7 Å². The molecule has 0 heterocycles. The van der Waals surface area contributed by atoms with Crippen molar-refractivity contribution in [2.24, 2.45) is 5.73 Å². The lowest BCUT2D eigenvalue weighted by atomic mass is 10.1. The van der Waals surface area contributed by atoms with Crippen molar-refractivity contribution >= 4 is 11.9 Å². The Morgan fingerprint density at radius 3 is 2.55 bits per heavy atom. The van der Waals surface area contributed by atoms with Crippen LogP contribution >= 0.6 is 0 Å². The number of nitrogens with two attached hydrogens (primary N) is 1. The molecule has 1 aromatic carbocycles. The smallest absolute Gasteiger partial charge is 0.305 e. The van der Waals surface area contributed by atoms with Gasteiger partial charge in [0, 0.05) is 20.0 Å². The maximum absolute atomic E-state index is 12.1. The number of hydrogen-bond acceptors (Lipinski definition) is 4. The van der Waals surface area contributed by atoms with Gasteiger partial charge >= 0.3 is 5.97 Å². The normalized spacial score (nSPS) is 11.8. The van der Waals surface area contributed by atoms with Gasteiger partial charge in [-0.3, -0.25) is 9.59 Å². The Morgan fingerprint density at radius 2 is 1.95 bits per heavy atom. The third-order valence-electron chi connectivity index (χ3n) is 3.09. The lowest BCUT2D eigenvalue weighted by Gasteiger charge is -2.21. The number of carbonyl (C=O) groups excluding carboxylic acids is 2. The molecule has 0 aliphatic heterocycles. The van der Waals surface area contributed by atoms with Crippen LogP contribution in [0.1, 0.15) is 18.4 Å². The summed E-state index contributed by atoms with van der Waals surface area (Å²) in [5.41, 5.74) is 6.96. The van der Waals surface area contributed by atoms with E-state index >= 15 is 0 Å². The van der Waals surface area contributed by atoms with Crippen LogP contribution in [0.25, 0.3) is 0 Å². The first-order valence-electron chi connectivity index (χ1n) is 6.66. The second kappa shape index (κ2) is 8.32. The molecule has 0 aromatic heterocycles. The van der Waals surface area contributed by atoms with Crippen LogP contribution in [0.5, 0.6) is 0 Å². The Labute approximate surface area is 119 Å². The van der Waals surface area contributed by atoms with Gasteiger partial charge < -0.3 is 15.4 Å². The van der Waals surface area contributed by atoms with Crippen molar-refractivity contribution in [3.05, 3.63) is 35.9 Å². The predicted molar refractivity (Wildman–Crippen MR) is 77.0 cm³/mol. The van der Waals surface area contributed by atoms with Gasteiger partial charge in [-0.1, -0.05) is 30.3 Å². The van der Waals surface area contributed by atoms with E-state index in [0.29, 0.717) is 25.8 Å². The van der Waals surface area contributed by atoms with Crippen LogP contribution in [0.4, 0.5) is 0 Å². The Kier molecular flexibility index (Phi) is 6.73. The number of benzene rings is 1. The molecule has 0 saturated heterocycles. The maximum atomic E-state index is 12.1. The lowest BCUT2D eigenvalue weighted by Crippen LogP contribution is -2.43. The zero-order valence-corrected chi connectivity index (χ0v) is 12.0. The van der Waals surface area contributed by atoms with E-state index in [0.717, 1.165) is 5.56 Å². The zero-order chi connectivity index (χ0) is 15.0. The van der Waals surface area contributed by atoms with Crippen LogP contribution in [0, 0.1) is 0 Å². The Morgan fingerprint density at radius 1 is 1.30 bits per heavy atom. The van der Waals surface area contributed by atoms with Crippen LogP contribution < -0.4 is 5.73 Å². The molecule has 0 radical (unpaired) electrons. The topological polar surface area (TPSA) is 72.6 Å². The molecule has 0 aliphatic rings. The second-order valence-electron chi connectivity index (χ2n) is 4.74. The molecule has 5 heteroatoms. The number of methoxy groups -OCH3 is 1. The van der Waals surface area contributed by atoms with Crippen LogP contribution in [-0.4, -0.2) is 43.5 Å². The number of rotatable bonds is 7. The van der Waals surface area contributed by atoms with E-state index < -0.39 is 6.04 Å². The van der Waals surface area contributed by atoms with Crippen molar-refractivity contribution < 1.29 is 14.3 Å². The SMILES string of the molecule is COC(=O)CCCN(C)C(=O)C(N)Cc1ccccc1. The highest BCUT2D eigenvalue weighted by Crippen LogP contribution is 2.04. The molecule has 0 saturated carbocycles. The summed E-state index contributed by atoms with van der Waals surface area (Å²) in [6.07, 6.45) is 1.40. The summed E-state index contributed by atoms with van der Waals surface area (Å²) in [6, 6.07) is 9.12. The molecule has 0 spiro atoms. The molecule has 0 aliphatic carbocycles. The van der Waals surface area contributed by atoms with Gasteiger partial charge in [-0.05, 0) is 18.4 Å². The Hall–Kier alpha value is -1.88. The summed E-state index contributed by atoms with van der Waals surface area (Å²) in [4.78, 5) is 24.6. The lowest BCUT2D eigenvalue weighted by molar-refractivity contribution is -0.141. The van der Waals surface area contributed by atoms with E-state index in [-0.39, 0.29) is 11.9 Å². The molecular formula is C15H22N2O3. The van der Waals surface area contributed by atoms with Gasteiger partial charge in [-0.2, -0.15) is 0 Å². The molecule has 5 nitrogen and oxygen atoms in total. The first-order valence-corrected chi connectivity index (χ1v) is 6.66. The fourth-order valence-electron chi connectivity index (χ4n) is 1.91. The molecule has 20 heavy (non-hydrogen) atoms. The average Bonchev–Trinajstić information content (AvgIpc) is 2.47. The van der Waals surface area contributed by atoms with Gasteiger partial charge in [0.05, 0.1) is 13.2 Å². The maximum Gasteiger partial charge on any atom is 0.305 e.